The molecule has 5 heteroatoms. The summed E-state index contributed by atoms with van der Waals surface area (Å²) in [7, 11) is 0. The lowest BCUT2D eigenvalue weighted by Gasteiger charge is -2.30. The van der Waals surface area contributed by atoms with Crippen LogP contribution in [0.25, 0.3) is 0 Å². The molecule has 1 aliphatic rings. The summed E-state index contributed by atoms with van der Waals surface area (Å²) in [4.78, 5) is 26.9. The first-order valence-corrected chi connectivity index (χ1v) is 9.55. The first-order chi connectivity index (χ1) is 13.0. The van der Waals surface area contributed by atoms with Crippen LogP contribution in [0.5, 0.6) is 0 Å². The Labute approximate surface area is 160 Å². The van der Waals surface area contributed by atoms with Gasteiger partial charge < -0.3 is 16.0 Å². The molecule has 2 aromatic rings. The number of nitrogens with one attached hydrogen (secondary N) is 1. The molecule has 1 heterocycles. The van der Waals surface area contributed by atoms with Crippen LogP contribution in [0.3, 0.4) is 0 Å². The Balaban J connectivity index is 1.57. The zero-order valence-corrected chi connectivity index (χ0v) is 15.8. The zero-order valence-electron chi connectivity index (χ0n) is 15.8. The van der Waals surface area contributed by atoms with Crippen LogP contribution < -0.4 is 11.1 Å². The van der Waals surface area contributed by atoms with Gasteiger partial charge in [0.1, 0.15) is 0 Å². The number of nitrogen functional groups attached to an aromatic ring is 1. The Hall–Kier alpha value is -2.82. The molecule has 1 saturated heterocycles. The van der Waals surface area contributed by atoms with Crippen molar-refractivity contribution in [2.45, 2.75) is 32.6 Å². The molecule has 0 atom stereocenters. The quantitative estimate of drug-likeness (QED) is 0.793. The summed E-state index contributed by atoms with van der Waals surface area (Å²) in [5.74, 6) is 0.628. The highest BCUT2D eigenvalue weighted by molar-refractivity contribution is 5.97. The predicted molar refractivity (Wildman–Crippen MR) is 109 cm³/mol. The van der Waals surface area contributed by atoms with Crippen molar-refractivity contribution in [1.82, 2.24) is 4.90 Å². The van der Waals surface area contributed by atoms with E-state index in [1.54, 1.807) is 12.1 Å². The number of carbonyl (C=O) groups excluding carboxylic acids is 2. The van der Waals surface area contributed by atoms with E-state index in [0.717, 1.165) is 31.5 Å². The summed E-state index contributed by atoms with van der Waals surface area (Å²) in [6.07, 6.45) is 3.02. The Bertz CT molecular complexity index is 811. The van der Waals surface area contributed by atoms with Crippen LogP contribution >= 0.6 is 0 Å². The van der Waals surface area contributed by atoms with Gasteiger partial charge in [0.05, 0.1) is 0 Å². The van der Waals surface area contributed by atoms with Gasteiger partial charge in [0.25, 0.3) is 5.91 Å². The molecule has 0 saturated carbocycles. The Kier molecular flexibility index (Phi) is 6.12. The van der Waals surface area contributed by atoms with Crippen LogP contribution in [0.1, 0.15) is 42.1 Å². The molecule has 0 radical (unpaired) electrons. The van der Waals surface area contributed by atoms with Crippen LogP contribution in [0.15, 0.2) is 48.5 Å². The maximum Gasteiger partial charge on any atom is 0.253 e. The molecule has 3 rings (SSSR count). The minimum absolute atomic E-state index is 0.0371. The van der Waals surface area contributed by atoms with E-state index in [9.17, 15) is 9.59 Å². The molecular formula is C22H27N3O2. The maximum absolute atomic E-state index is 12.7. The van der Waals surface area contributed by atoms with E-state index in [1.165, 1.54) is 0 Å². The lowest BCUT2D eigenvalue weighted by atomic mass is 9.98. The van der Waals surface area contributed by atoms with Crippen LogP contribution in [0, 0.1) is 5.92 Å². The number of nitrogens with two attached hydrogens (primary N) is 1. The fraction of sp³-hybridized carbons (Fsp3) is 0.364. The fourth-order valence-electron chi connectivity index (χ4n) is 3.36. The van der Waals surface area contributed by atoms with E-state index in [2.05, 4.69) is 12.2 Å². The van der Waals surface area contributed by atoms with Crippen molar-refractivity contribution in [3.63, 3.8) is 0 Å². The van der Waals surface area contributed by atoms with Crippen LogP contribution in [0.2, 0.25) is 0 Å². The van der Waals surface area contributed by atoms with Gasteiger partial charge in [-0.05, 0) is 55.0 Å². The maximum atomic E-state index is 12.7. The normalized spacial score (nSPS) is 14.8. The number of nitrogens with zero attached hydrogens (tertiary/aromatic N) is 1. The molecule has 2 aromatic carbocycles. The number of benzene rings is 2. The number of amides is 2. The number of rotatable bonds is 5. The third-order valence-corrected chi connectivity index (χ3v) is 5.14. The van der Waals surface area contributed by atoms with Crippen molar-refractivity contribution in [2.75, 3.05) is 24.1 Å². The van der Waals surface area contributed by atoms with Crippen LogP contribution in [-0.2, 0) is 11.2 Å². The molecule has 0 spiro atoms. The van der Waals surface area contributed by atoms with Gasteiger partial charge in [-0.2, -0.15) is 0 Å². The second-order valence-electron chi connectivity index (χ2n) is 7.30. The van der Waals surface area contributed by atoms with Gasteiger partial charge in [0.2, 0.25) is 5.91 Å². The first kappa shape index (κ1) is 19.0. The standard InChI is InChI=1S/C22H27N3O2/c1-16-11-13-25(14-12-16)22(27)18-6-4-7-19(15-18)24-21(26)10-9-17-5-2-3-8-20(17)23/h2-8,15-16H,9-14,23H2,1H3,(H,24,26). The van der Waals surface area contributed by atoms with Crippen molar-refractivity contribution < 1.29 is 9.59 Å². The highest BCUT2D eigenvalue weighted by Gasteiger charge is 2.21. The van der Waals surface area contributed by atoms with Gasteiger partial charge in [0.15, 0.2) is 0 Å². The van der Waals surface area contributed by atoms with Crippen molar-refractivity contribution >= 4 is 23.2 Å². The van der Waals surface area contributed by atoms with Crippen molar-refractivity contribution in [3.8, 4) is 0 Å². The fourth-order valence-corrected chi connectivity index (χ4v) is 3.36. The lowest BCUT2D eigenvalue weighted by molar-refractivity contribution is -0.116. The Morgan fingerprint density at radius 1 is 1.11 bits per heavy atom. The van der Waals surface area contributed by atoms with E-state index in [1.807, 2.05) is 41.3 Å². The van der Waals surface area contributed by atoms with Crippen LogP contribution in [0.4, 0.5) is 11.4 Å². The second-order valence-corrected chi connectivity index (χ2v) is 7.30. The highest BCUT2D eigenvalue weighted by Crippen LogP contribution is 2.20. The van der Waals surface area contributed by atoms with E-state index in [0.29, 0.717) is 35.7 Å². The molecule has 1 fully saturated rings. The third kappa shape index (κ3) is 5.09. The van der Waals surface area contributed by atoms with E-state index in [-0.39, 0.29) is 11.8 Å². The van der Waals surface area contributed by atoms with Gasteiger partial charge in [-0.3, -0.25) is 9.59 Å². The highest BCUT2D eigenvalue weighted by atomic mass is 16.2. The average molecular weight is 365 g/mol. The Morgan fingerprint density at radius 3 is 2.59 bits per heavy atom. The molecule has 2 amide bonds. The number of hydrogen-bond donors (Lipinski definition) is 2. The summed E-state index contributed by atoms with van der Waals surface area (Å²) < 4.78 is 0. The predicted octanol–water partition coefficient (Wildman–Crippen LogP) is 3.71. The second kappa shape index (κ2) is 8.71. The SMILES string of the molecule is CC1CCN(C(=O)c2cccc(NC(=O)CCc3ccccc3N)c2)CC1. The minimum atomic E-state index is -0.0883. The molecule has 0 aromatic heterocycles. The topological polar surface area (TPSA) is 75.4 Å². The van der Waals surface area contributed by atoms with E-state index in [4.69, 9.17) is 5.73 Å². The largest absolute Gasteiger partial charge is 0.399 e. The van der Waals surface area contributed by atoms with Gasteiger partial charge in [-0.15, -0.1) is 0 Å². The summed E-state index contributed by atoms with van der Waals surface area (Å²) >= 11 is 0. The summed E-state index contributed by atoms with van der Waals surface area (Å²) in [5, 5.41) is 2.89. The van der Waals surface area contributed by atoms with Gasteiger partial charge in [-0.25, -0.2) is 0 Å². The smallest absolute Gasteiger partial charge is 0.253 e. The third-order valence-electron chi connectivity index (χ3n) is 5.14. The number of hydrogen-bond acceptors (Lipinski definition) is 3. The van der Waals surface area contributed by atoms with E-state index < -0.39 is 0 Å². The summed E-state index contributed by atoms with van der Waals surface area (Å²) in [6, 6.07) is 14.7. The zero-order chi connectivity index (χ0) is 19.2. The molecule has 0 unspecified atom stereocenters. The molecular weight excluding hydrogens is 338 g/mol. The molecule has 27 heavy (non-hydrogen) atoms. The van der Waals surface area contributed by atoms with Crippen molar-refractivity contribution in [3.05, 3.63) is 59.7 Å². The van der Waals surface area contributed by atoms with Crippen LogP contribution in [-0.4, -0.2) is 29.8 Å². The number of para-hydroxylation sites is 1. The minimum Gasteiger partial charge on any atom is -0.399 e. The summed E-state index contributed by atoms with van der Waals surface area (Å²) in [6.45, 7) is 3.82. The molecule has 1 aliphatic heterocycles. The number of anilines is 2. The van der Waals surface area contributed by atoms with E-state index >= 15 is 0 Å². The number of carbonyl (C=O) groups is 2. The molecule has 3 N–H and O–H groups in total. The number of aryl methyl sites for hydroxylation is 1. The van der Waals surface area contributed by atoms with Gasteiger partial charge in [0, 0.05) is 36.4 Å². The molecule has 0 bridgehead atoms. The average Bonchev–Trinajstić information content (AvgIpc) is 2.67. The molecule has 0 aliphatic carbocycles. The first-order valence-electron chi connectivity index (χ1n) is 9.55. The van der Waals surface area contributed by atoms with Crippen molar-refractivity contribution in [2.24, 2.45) is 5.92 Å². The summed E-state index contributed by atoms with van der Waals surface area (Å²) in [5.41, 5.74) is 8.86. The molecule has 142 valence electrons. The number of likely N-dealkylation sites (tertiary alicyclic amines) is 1. The van der Waals surface area contributed by atoms with Gasteiger partial charge >= 0.3 is 0 Å². The monoisotopic (exact) mass is 365 g/mol. The molecule has 5 nitrogen and oxygen atoms in total. The Morgan fingerprint density at radius 2 is 1.85 bits per heavy atom. The van der Waals surface area contributed by atoms with Gasteiger partial charge in [-0.1, -0.05) is 31.2 Å². The van der Waals surface area contributed by atoms with Crippen molar-refractivity contribution in [1.29, 1.82) is 0 Å². The lowest BCUT2D eigenvalue weighted by Crippen LogP contribution is -2.37. The number of piperidine rings is 1.